The predicted molar refractivity (Wildman–Crippen MR) is 68.4 cm³/mol. The second-order valence-corrected chi connectivity index (χ2v) is 4.35. The van der Waals surface area contributed by atoms with E-state index < -0.39 is 45.4 Å². The number of phenols is 3. The van der Waals surface area contributed by atoms with Crippen LogP contribution in [0.15, 0.2) is 17.7 Å². The number of benzene rings is 1. The average Bonchev–Trinajstić information content (AvgIpc) is 2.37. The molecule has 6 nitrogen and oxygen atoms in total. The number of phenolic OH excluding ortho intramolecular Hbond substituents is 3. The molecule has 1 aromatic carbocycles. The minimum absolute atomic E-state index is 0.0271. The lowest BCUT2D eigenvalue weighted by molar-refractivity contribution is -0.132. The van der Waals surface area contributed by atoms with E-state index in [-0.39, 0.29) is 10.8 Å². The van der Waals surface area contributed by atoms with Gasteiger partial charge in [0.1, 0.15) is 5.75 Å². The lowest BCUT2D eigenvalue weighted by Crippen LogP contribution is -2.31. The summed E-state index contributed by atoms with van der Waals surface area (Å²) in [5.41, 5.74) is -0.702. The molecule has 0 amide bonds. The number of allylic oxidation sites excluding steroid dienone is 2. The molecular formula is C14H10O6. The first-order valence-corrected chi connectivity index (χ1v) is 5.54. The van der Waals surface area contributed by atoms with E-state index in [1.165, 1.54) is 6.92 Å². The molecule has 0 saturated carbocycles. The average molecular weight is 274 g/mol. The highest BCUT2D eigenvalue weighted by Crippen LogP contribution is 2.22. The molecule has 0 aliphatic heterocycles. The van der Waals surface area contributed by atoms with Gasteiger partial charge in [-0.25, -0.2) is 0 Å². The highest BCUT2D eigenvalue weighted by atomic mass is 16.3. The molecule has 0 atom stereocenters. The minimum atomic E-state index is -1.14. The van der Waals surface area contributed by atoms with Crippen LogP contribution in [0.3, 0.4) is 0 Å². The third kappa shape index (κ3) is 1.78. The lowest BCUT2D eigenvalue weighted by Gasteiger charge is -2.11. The van der Waals surface area contributed by atoms with E-state index >= 15 is 0 Å². The molecule has 1 aromatic rings. The normalized spacial score (nSPS) is 18.2. The molecule has 0 unspecified atom stereocenters. The lowest BCUT2D eigenvalue weighted by atomic mass is 9.90. The van der Waals surface area contributed by atoms with Gasteiger partial charge in [-0.05, 0) is 19.1 Å². The van der Waals surface area contributed by atoms with Crippen molar-refractivity contribution in [1.82, 2.24) is 0 Å². The third-order valence-electron chi connectivity index (χ3n) is 2.97. The smallest absolute Gasteiger partial charge is 0.237 e. The fraction of sp³-hybridized carbons (Fsp3) is 0.0714. The second kappa shape index (κ2) is 4.34. The number of carbonyl (C=O) groups excluding carboxylic acids is 3. The van der Waals surface area contributed by atoms with E-state index in [2.05, 4.69) is 6.58 Å². The van der Waals surface area contributed by atoms with E-state index in [9.17, 15) is 29.7 Å². The van der Waals surface area contributed by atoms with Crippen molar-refractivity contribution in [3.63, 3.8) is 0 Å². The molecule has 0 spiro atoms. The molecule has 0 aromatic heterocycles. The van der Waals surface area contributed by atoms with Crippen molar-refractivity contribution in [1.29, 1.82) is 0 Å². The summed E-state index contributed by atoms with van der Waals surface area (Å²) in [5, 5.41) is 28.5. The van der Waals surface area contributed by atoms with Crippen LogP contribution in [-0.2, 0) is 14.4 Å². The Labute approximate surface area is 112 Å². The zero-order valence-corrected chi connectivity index (χ0v) is 10.4. The number of rotatable bonds is 0. The standard InChI is InChI=1S/C14H10O6/c1-5-3-7(15)9(13(19)11(5)17)10-8(16)4-6(2)12(18)14(10)20/h3-4,15,17,19H,1H2,2H3. The maximum absolute atomic E-state index is 11.9. The van der Waals surface area contributed by atoms with Crippen LogP contribution < -0.4 is 10.4 Å². The molecule has 0 bridgehead atoms. The molecule has 6 heteroatoms. The number of hydrogen-bond acceptors (Lipinski definition) is 6. The number of aromatic hydroxyl groups is 3. The van der Waals surface area contributed by atoms with E-state index in [1.807, 2.05) is 0 Å². The Morgan fingerprint density at radius 3 is 2.20 bits per heavy atom. The number of Topliss-reactive ketones (excluding diaryl/α,β-unsaturated/α-hetero) is 2. The predicted octanol–water partition coefficient (Wildman–Crippen LogP) is -0.968. The maximum atomic E-state index is 11.9. The van der Waals surface area contributed by atoms with Crippen LogP contribution >= 0.6 is 0 Å². The van der Waals surface area contributed by atoms with E-state index in [1.54, 1.807) is 0 Å². The Morgan fingerprint density at radius 2 is 1.60 bits per heavy atom. The van der Waals surface area contributed by atoms with Crippen molar-refractivity contribution in [3.8, 4) is 17.2 Å². The van der Waals surface area contributed by atoms with Crippen molar-refractivity contribution in [2.75, 3.05) is 0 Å². The summed E-state index contributed by atoms with van der Waals surface area (Å²) in [5.74, 6) is -5.04. The molecule has 102 valence electrons. The third-order valence-corrected chi connectivity index (χ3v) is 2.97. The highest BCUT2D eigenvalue weighted by molar-refractivity contribution is 6.68. The highest BCUT2D eigenvalue weighted by Gasteiger charge is 2.32. The van der Waals surface area contributed by atoms with Crippen molar-refractivity contribution < 1.29 is 29.7 Å². The topological polar surface area (TPSA) is 112 Å². The second-order valence-electron chi connectivity index (χ2n) is 4.35. The summed E-state index contributed by atoms with van der Waals surface area (Å²) >= 11 is 0. The van der Waals surface area contributed by atoms with Gasteiger partial charge in [0.2, 0.25) is 11.6 Å². The van der Waals surface area contributed by atoms with E-state index in [0.29, 0.717) is 0 Å². The molecule has 2 rings (SSSR count). The monoisotopic (exact) mass is 274 g/mol. The van der Waals surface area contributed by atoms with Gasteiger partial charge < -0.3 is 15.3 Å². The Balaban J connectivity index is 3.01. The van der Waals surface area contributed by atoms with Gasteiger partial charge in [0.15, 0.2) is 17.3 Å². The van der Waals surface area contributed by atoms with Crippen LogP contribution in [0.5, 0.6) is 17.2 Å². The van der Waals surface area contributed by atoms with Gasteiger partial charge in [-0.3, -0.25) is 14.4 Å². The zero-order valence-electron chi connectivity index (χ0n) is 10.4. The molecular weight excluding hydrogens is 264 g/mol. The SMILES string of the molecule is C=c1cc(O)c(=C2C(=O)C=C(C)C(=O)C2=O)c(O)c1O. The van der Waals surface area contributed by atoms with Gasteiger partial charge in [0.25, 0.3) is 0 Å². The van der Waals surface area contributed by atoms with Crippen molar-refractivity contribution in [2.24, 2.45) is 0 Å². The fourth-order valence-electron chi connectivity index (χ4n) is 1.92. The van der Waals surface area contributed by atoms with Crippen LogP contribution in [0, 0.1) is 0 Å². The maximum Gasteiger partial charge on any atom is 0.237 e. The van der Waals surface area contributed by atoms with Crippen LogP contribution in [0.4, 0.5) is 0 Å². The van der Waals surface area contributed by atoms with E-state index in [0.717, 1.165) is 12.1 Å². The van der Waals surface area contributed by atoms with Crippen LogP contribution in [0.1, 0.15) is 6.92 Å². The summed E-state index contributed by atoms with van der Waals surface area (Å²) in [7, 11) is 0. The molecule has 0 fully saturated rings. The van der Waals surface area contributed by atoms with Crippen LogP contribution in [-0.4, -0.2) is 32.7 Å². The van der Waals surface area contributed by atoms with E-state index in [4.69, 9.17) is 0 Å². The molecule has 1 aliphatic carbocycles. The Bertz CT molecular complexity index is 813. The molecule has 0 saturated heterocycles. The number of ketones is 3. The van der Waals surface area contributed by atoms with Crippen molar-refractivity contribution in [2.45, 2.75) is 6.92 Å². The molecule has 0 heterocycles. The molecule has 1 aliphatic rings. The van der Waals surface area contributed by atoms with Crippen molar-refractivity contribution in [3.05, 3.63) is 28.2 Å². The first-order chi connectivity index (χ1) is 9.25. The minimum Gasteiger partial charge on any atom is -0.507 e. The van der Waals surface area contributed by atoms with Crippen LogP contribution in [0.2, 0.25) is 0 Å². The van der Waals surface area contributed by atoms with Gasteiger partial charge >= 0.3 is 0 Å². The Morgan fingerprint density at radius 1 is 1.00 bits per heavy atom. The molecule has 20 heavy (non-hydrogen) atoms. The van der Waals surface area contributed by atoms with Gasteiger partial charge in [0.05, 0.1) is 10.8 Å². The molecule has 0 radical (unpaired) electrons. The Hall–Kier alpha value is -2.89. The number of hydrogen-bond donors (Lipinski definition) is 3. The summed E-state index contributed by atoms with van der Waals surface area (Å²) in [6, 6.07) is 0.980. The van der Waals surface area contributed by atoms with Crippen molar-refractivity contribution >= 4 is 29.5 Å². The summed E-state index contributed by atoms with van der Waals surface area (Å²) in [6.07, 6.45) is 0.938. The summed E-state index contributed by atoms with van der Waals surface area (Å²) < 4.78 is 0. The summed E-state index contributed by atoms with van der Waals surface area (Å²) in [4.78, 5) is 35.3. The first-order valence-electron chi connectivity index (χ1n) is 5.54. The van der Waals surface area contributed by atoms with Gasteiger partial charge in [-0.2, -0.15) is 0 Å². The largest absolute Gasteiger partial charge is 0.507 e. The van der Waals surface area contributed by atoms with Crippen LogP contribution in [0.25, 0.3) is 12.2 Å². The van der Waals surface area contributed by atoms with Gasteiger partial charge in [-0.15, -0.1) is 0 Å². The van der Waals surface area contributed by atoms with Gasteiger partial charge in [0, 0.05) is 10.8 Å². The quantitative estimate of drug-likeness (QED) is 0.319. The Kier molecular flexibility index (Phi) is 2.94. The summed E-state index contributed by atoms with van der Waals surface area (Å²) in [6.45, 7) is 4.68. The first kappa shape index (κ1) is 13.5. The zero-order chi connectivity index (χ0) is 15.2. The molecule has 3 N–H and O–H groups in total. The fourth-order valence-corrected chi connectivity index (χ4v) is 1.92. The number of carbonyl (C=O) groups is 3. The van der Waals surface area contributed by atoms with Gasteiger partial charge in [-0.1, -0.05) is 6.58 Å².